The van der Waals surface area contributed by atoms with Crippen LogP contribution < -0.4 is 0 Å². The molecule has 0 unspecified atom stereocenters. The SMILES string of the molecule is COC(=O)c1cc(C)ccc1-c1cccc2c1oc1ccccc12. The average Bonchev–Trinajstić information content (AvgIpc) is 3.00. The summed E-state index contributed by atoms with van der Waals surface area (Å²) in [7, 11) is 1.40. The van der Waals surface area contributed by atoms with Gasteiger partial charge >= 0.3 is 5.97 Å². The van der Waals surface area contributed by atoms with Gasteiger partial charge in [0.05, 0.1) is 12.7 Å². The van der Waals surface area contributed by atoms with Crippen LogP contribution in [0.15, 0.2) is 65.1 Å². The fourth-order valence-corrected chi connectivity index (χ4v) is 3.13. The molecule has 0 saturated heterocycles. The molecule has 4 rings (SSSR count). The molecule has 0 fully saturated rings. The van der Waals surface area contributed by atoms with Crippen molar-refractivity contribution in [1.82, 2.24) is 0 Å². The summed E-state index contributed by atoms with van der Waals surface area (Å²) < 4.78 is 11.0. The zero-order chi connectivity index (χ0) is 16.7. The molecular formula is C21H16O3. The quantitative estimate of drug-likeness (QED) is 0.468. The minimum absolute atomic E-state index is 0.346. The van der Waals surface area contributed by atoms with Crippen molar-refractivity contribution in [3.05, 3.63) is 71.8 Å². The van der Waals surface area contributed by atoms with Crippen molar-refractivity contribution >= 4 is 27.9 Å². The van der Waals surface area contributed by atoms with Crippen LogP contribution in [0.2, 0.25) is 0 Å². The molecule has 118 valence electrons. The first kappa shape index (κ1) is 14.5. The number of methoxy groups -OCH3 is 1. The molecule has 0 amide bonds. The zero-order valence-corrected chi connectivity index (χ0v) is 13.5. The largest absolute Gasteiger partial charge is 0.465 e. The minimum atomic E-state index is -0.346. The maximum Gasteiger partial charge on any atom is 0.338 e. The van der Waals surface area contributed by atoms with E-state index >= 15 is 0 Å². The normalized spacial score (nSPS) is 11.1. The summed E-state index contributed by atoms with van der Waals surface area (Å²) in [5.41, 5.74) is 4.89. The summed E-state index contributed by atoms with van der Waals surface area (Å²) in [5, 5.41) is 2.11. The number of carbonyl (C=O) groups excluding carboxylic acids is 1. The number of hydrogen-bond donors (Lipinski definition) is 0. The van der Waals surface area contributed by atoms with Crippen LogP contribution in [0.25, 0.3) is 33.1 Å². The van der Waals surface area contributed by atoms with Crippen LogP contribution in [-0.4, -0.2) is 13.1 Å². The van der Waals surface area contributed by atoms with Crippen LogP contribution in [0.4, 0.5) is 0 Å². The zero-order valence-electron chi connectivity index (χ0n) is 13.5. The van der Waals surface area contributed by atoms with E-state index in [0.717, 1.165) is 38.6 Å². The van der Waals surface area contributed by atoms with Gasteiger partial charge in [0.15, 0.2) is 0 Å². The number of para-hydroxylation sites is 2. The molecule has 0 spiro atoms. The van der Waals surface area contributed by atoms with Crippen molar-refractivity contribution < 1.29 is 13.9 Å². The minimum Gasteiger partial charge on any atom is -0.465 e. The molecular weight excluding hydrogens is 300 g/mol. The molecule has 0 radical (unpaired) electrons. The lowest BCUT2D eigenvalue weighted by molar-refractivity contribution is 0.0601. The summed E-state index contributed by atoms with van der Waals surface area (Å²) >= 11 is 0. The maximum absolute atomic E-state index is 12.2. The summed E-state index contributed by atoms with van der Waals surface area (Å²) in [5.74, 6) is -0.346. The number of benzene rings is 3. The van der Waals surface area contributed by atoms with Gasteiger partial charge in [-0.05, 0) is 24.6 Å². The van der Waals surface area contributed by atoms with Crippen LogP contribution in [0, 0.1) is 6.92 Å². The Morgan fingerprint density at radius 2 is 1.71 bits per heavy atom. The molecule has 3 heteroatoms. The van der Waals surface area contributed by atoms with E-state index in [1.54, 1.807) is 0 Å². The number of esters is 1. The number of fused-ring (bicyclic) bond motifs is 3. The molecule has 4 aromatic rings. The molecule has 0 atom stereocenters. The van der Waals surface area contributed by atoms with E-state index in [1.165, 1.54) is 7.11 Å². The Morgan fingerprint density at radius 1 is 0.917 bits per heavy atom. The molecule has 0 bridgehead atoms. The fraction of sp³-hybridized carbons (Fsp3) is 0.0952. The number of hydrogen-bond acceptors (Lipinski definition) is 3. The van der Waals surface area contributed by atoms with E-state index in [0.29, 0.717) is 5.56 Å². The predicted octanol–water partition coefficient (Wildman–Crippen LogP) is 5.35. The Hall–Kier alpha value is -3.07. The third-order valence-electron chi connectivity index (χ3n) is 4.27. The predicted molar refractivity (Wildman–Crippen MR) is 95.2 cm³/mol. The van der Waals surface area contributed by atoms with Crippen molar-refractivity contribution in [3.8, 4) is 11.1 Å². The third-order valence-corrected chi connectivity index (χ3v) is 4.27. The first-order valence-electron chi connectivity index (χ1n) is 7.78. The summed E-state index contributed by atoms with van der Waals surface area (Å²) in [6, 6.07) is 19.7. The monoisotopic (exact) mass is 316 g/mol. The Labute approximate surface area is 139 Å². The van der Waals surface area contributed by atoms with Gasteiger partial charge in [0.1, 0.15) is 11.2 Å². The third kappa shape index (κ3) is 2.17. The van der Waals surface area contributed by atoms with Crippen molar-refractivity contribution in [2.24, 2.45) is 0 Å². The molecule has 0 N–H and O–H groups in total. The number of furan rings is 1. The highest BCUT2D eigenvalue weighted by Gasteiger charge is 2.18. The number of rotatable bonds is 2. The number of ether oxygens (including phenoxy) is 1. The van der Waals surface area contributed by atoms with E-state index < -0.39 is 0 Å². The van der Waals surface area contributed by atoms with Crippen molar-refractivity contribution in [2.75, 3.05) is 7.11 Å². The maximum atomic E-state index is 12.2. The van der Waals surface area contributed by atoms with Gasteiger partial charge in [-0.25, -0.2) is 4.79 Å². The second kappa shape index (κ2) is 5.53. The highest BCUT2D eigenvalue weighted by Crippen LogP contribution is 2.37. The van der Waals surface area contributed by atoms with Crippen molar-refractivity contribution in [3.63, 3.8) is 0 Å². The molecule has 1 aromatic heterocycles. The first-order valence-corrected chi connectivity index (χ1v) is 7.78. The highest BCUT2D eigenvalue weighted by molar-refractivity contribution is 6.11. The van der Waals surface area contributed by atoms with Crippen LogP contribution in [-0.2, 0) is 4.74 Å². The first-order chi connectivity index (χ1) is 11.7. The standard InChI is InChI=1S/C21H16O3/c1-13-10-11-14(18(12-13)21(22)23-2)16-7-5-8-17-15-6-3-4-9-19(15)24-20(16)17/h3-12H,1-2H3. The summed E-state index contributed by atoms with van der Waals surface area (Å²) in [4.78, 5) is 12.2. The second-order valence-corrected chi connectivity index (χ2v) is 5.82. The molecule has 3 nitrogen and oxygen atoms in total. The van der Waals surface area contributed by atoms with E-state index in [4.69, 9.17) is 9.15 Å². The van der Waals surface area contributed by atoms with Crippen LogP contribution in [0.5, 0.6) is 0 Å². The topological polar surface area (TPSA) is 39.4 Å². The fourth-order valence-electron chi connectivity index (χ4n) is 3.13. The second-order valence-electron chi connectivity index (χ2n) is 5.82. The van der Waals surface area contributed by atoms with E-state index in [2.05, 4.69) is 0 Å². The Kier molecular flexibility index (Phi) is 3.35. The van der Waals surface area contributed by atoms with Crippen molar-refractivity contribution in [1.29, 1.82) is 0 Å². The Bertz CT molecular complexity index is 1070. The van der Waals surface area contributed by atoms with Crippen LogP contribution in [0.3, 0.4) is 0 Å². The van der Waals surface area contributed by atoms with Crippen LogP contribution in [0.1, 0.15) is 15.9 Å². The van der Waals surface area contributed by atoms with Crippen molar-refractivity contribution in [2.45, 2.75) is 6.92 Å². The van der Waals surface area contributed by atoms with Gasteiger partial charge in [0.25, 0.3) is 0 Å². The van der Waals surface area contributed by atoms with Crippen LogP contribution >= 0.6 is 0 Å². The molecule has 0 aliphatic heterocycles. The lowest BCUT2D eigenvalue weighted by Gasteiger charge is -2.09. The lowest BCUT2D eigenvalue weighted by Crippen LogP contribution is -2.04. The summed E-state index contributed by atoms with van der Waals surface area (Å²) in [6.07, 6.45) is 0. The van der Waals surface area contributed by atoms with E-state index in [9.17, 15) is 4.79 Å². The van der Waals surface area contributed by atoms with Gasteiger partial charge in [-0.1, -0.05) is 54.1 Å². The summed E-state index contributed by atoms with van der Waals surface area (Å²) in [6.45, 7) is 1.96. The van der Waals surface area contributed by atoms with Gasteiger partial charge in [-0.15, -0.1) is 0 Å². The van der Waals surface area contributed by atoms with Gasteiger partial charge in [0.2, 0.25) is 0 Å². The van der Waals surface area contributed by atoms with Gasteiger partial charge in [0, 0.05) is 16.3 Å². The molecule has 1 heterocycles. The Morgan fingerprint density at radius 3 is 2.54 bits per heavy atom. The van der Waals surface area contributed by atoms with E-state index in [1.807, 2.05) is 67.6 Å². The van der Waals surface area contributed by atoms with Gasteiger partial charge in [-0.3, -0.25) is 0 Å². The van der Waals surface area contributed by atoms with E-state index in [-0.39, 0.29) is 5.97 Å². The molecule has 3 aromatic carbocycles. The molecule has 0 aliphatic rings. The van der Waals surface area contributed by atoms with Gasteiger partial charge < -0.3 is 9.15 Å². The lowest BCUT2D eigenvalue weighted by atomic mass is 9.96. The number of carbonyl (C=O) groups is 1. The highest BCUT2D eigenvalue weighted by atomic mass is 16.5. The number of aryl methyl sites for hydroxylation is 1. The average molecular weight is 316 g/mol. The smallest absolute Gasteiger partial charge is 0.338 e. The van der Waals surface area contributed by atoms with Gasteiger partial charge in [-0.2, -0.15) is 0 Å². The molecule has 0 aliphatic carbocycles. The molecule has 0 saturated carbocycles. The Balaban J connectivity index is 2.06. The molecule has 24 heavy (non-hydrogen) atoms.